The van der Waals surface area contributed by atoms with Crippen LogP contribution in [0.5, 0.6) is 0 Å². The predicted molar refractivity (Wildman–Crippen MR) is 77.3 cm³/mol. The van der Waals surface area contributed by atoms with Gasteiger partial charge < -0.3 is 0 Å². The van der Waals surface area contributed by atoms with E-state index < -0.39 is 5.41 Å². The SMILES string of the molecule is CC(=O)C(C)(c1ccccc1)c1ccccc1.Cl. The first-order valence-corrected chi connectivity index (χ1v) is 5.78. The van der Waals surface area contributed by atoms with Crippen LogP contribution in [-0.4, -0.2) is 5.78 Å². The van der Waals surface area contributed by atoms with E-state index in [-0.39, 0.29) is 18.2 Å². The smallest absolute Gasteiger partial charge is 0.144 e. The molecule has 0 aliphatic carbocycles. The second kappa shape index (κ2) is 5.83. The van der Waals surface area contributed by atoms with E-state index in [1.54, 1.807) is 6.92 Å². The van der Waals surface area contributed by atoms with Crippen LogP contribution in [0.4, 0.5) is 0 Å². The molecule has 2 aromatic rings. The Morgan fingerprint density at radius 3 is 1.44 bits per heavy atom. The maximum atomic E-state index is 12.1. The third-order valence-electron chi connectivity index (χ3n) is 3.41. The van der Waals surface area contributed by atoms with Gasteiger partial charge in [-0.05, 0) is 25.0 Å². The summed E-state index contributed by atoms with van der Waals surface area (Å²) in [5.41, 5.74) is 1.53. The van der Waals surface area contributed by atoms with Gasteiger partial charge in [0, 0.05) is 0 Å². The monoisotopic (exact) mass is 260 g/mol. The van der Waals surface area contributed by atoms with Gasteiger partial charge in [-0.15, -0.1) is 12.4 Å². The summed E-state index contributed by atoms with van der Waals surface area (Å²) in [4.78, 5) is 12.1. The Morgan fingerprint density at radius 1 is 0.833 bits per heavy atom. The van der Waals surface area contributed by atoms with Crippen molar-refractivity contribution in [1.29, 1.82) is 0 Å². The van der Waals surface area contributed by atoms with Crippen molar-refractivity contribution in [3.8, 4) is 0 Å². The van der Waals surface area contributed by atoms with Crippen LogP contribution in [0.15, 0.2) is 60.7 Å². The normalized spacial score (nSPS) is 10.6. The highest BCUT2D eigenvalue weighted by atomic mass is 35.5. The van der Waals surface area contributed by atoms with Crippen LogP contribution >= 0.6 is 12.4 Å². The minimum absolute atomic E-state index is 0. The summed E-state index contributed by atoms with van der Waals surface area (Å²) in [5.74, 6) is 0.162. The van der Waals surface area contributed by atoms with E-state index >= 15 is 0 Å². The molecule has 2 heteroatoms. The van der Waals surface area contributed by atoms with Crippen LogP contribution in [0.25, 0.3) is 0 Å². The number of rotatable bonds is 3. The van der Waals surface area contributed by atoms with Crippen LogP contribution in [0, 0.1) is 0 Å². The number of Topliss-reactive ketones (excluding diaryl/α,β-unsaturated/α-hetero) is 1. The van der Waals surface area contributed by atoms with Crippen LogP contribution < -0.4 is 0 Å². The second-order valence-corrected chi connectivity index (χ2v) is 4.41. The highest BCUT2D eigenvalue weighted by Gasteiger charge is 2.33. The first-order chi connectivity index (χ1) is 8.15. The molecule has 0 atom stereocenters. The summed E-state index contributed by atoms with van der Waals surface area (Å²) in [6, 6.07) is 19.9. The van der Waals surface area contributed by atoms with Crippen molar-refractivity contribution in [2.24, 2.45) is 0 Å². The van der Waals surface area contributed by atoms with Gasteiger partial charge in [0.1, 0.15) is 5.78 Å². The van der Waals surface area contributed by atoms with E-state index in [2.05, 4.69) is 0 Å². The number of carbonyl (C=O) groups excluding carboxylic acids is 1. The summed E-state index contributed by atoms with van der Waals surface area (Å²) < 4.78 is 0. The Bertz CT molecular complexity index is 466. The Balaban J connectivity index is 0.00000162. The molecule has 0 saturated heterocycles. The van der Waals surface area contributed by atoms with E-state index in [4.69, 9.17) is 0 Å². The average molecular weight is 261 g/mol. The molecule has 0 aliphatic rings. The molecule has 0 heterocycles. The lowest BCUT2D eigenvalue weighted by Gasteiger charge is -2.28. The van der Waals surface area contributed by atoms with Crippen molar-refractivity contribution in [3.05, 3.63) is 71.8 Å². The molecular weight excluding hydrogens is 244 g/mol. The fourth-order valence-corrected chi connectivity index (χ4v) is 2.12. The fraction of sp³-hybridized carbons (Fsp3) is 0.188. The third kappa shape index (κ3) is 2.46. The van der Waals surface area contributed by atoms with Crippen LogP contribution in [0.1, 0.15) is 25.0 Å². The van der Waals surface area contributed by atoms with E-state index in [0.29, 0.717) is 0 Å². The van der Waals surface area contributed by atoms with Gasteiger partial charge in [0.15, 0.2) is 0 Å². The largest absolute Gasteiger partial charge is 0.299 e. The van der Waals surface area contributed by atoms with Crippen LogP contribution in [0.3, 0.4) is 0 Å². The quantitative estimate of drug-likeness (QED) is 0.815. The predicted octanol–water partition coefficient (Wildman–Crippen LogP) is 4.00. The number of ketones is 1. The van der Waals surface area contributed by atoms with Crippen LogP contribution in [0.2, 0.25) is 0 Å². The average Bonchev–Trinajstić information content (AvgIpc) is 2.39. The third-order valence-corrected chi connectivity index (χ3v) is 3.41. The number of hydrogen-bond donors (Lipinski definition) is 0. The first-order valence-electron chi connectivity index (χ1n) is 5.78. The topological polar surface area (TPSA) is 17.1 Å². The second-order valence-electron chi connectivity index (χ2n) is 4.41. The Morgan fingerprint density at radius 2 is 1.17 bits per heavy atom. The Hall–Kier alpha value is -1.60. The fourth-order valence-electron chi connectivity index (χ4n) is 2.12. The van der Waals surface area contributed by atoms with Gasteiger partial charge in [0.2, 0.25) is 0 Å². The van der Waals surface area contributed by atoms with Crippen molar-refractivity contribution in [3.63, 3.8) is 0 Å². The molecule has 0 N–H and O–H groups in total. The zero-order chi connectivity index (χ0) is 12.3. The summed E-state index contributed by atoms with van der Waals surface area (Å²) in [5, 5.41) is 0. The molecular formula is C16H17ClO. The highest BCUT2D eigenvalue weighted by Crippen LogP contribution is 2.32. The van der Waals surface area contributed by atoms with Gasteiger partial charge in [-0.1, -0.05) is 60.7 Å². The first kappa shape index (κ1) is 14.5. The lowest BCUT2D eigenvalue weighted by Crippen LogP contribution is -2.31. The number of hydrogen-bond acceptors (Lipinski definition) is 1. The van der Waals surface area contributed by atoms with E-state index in [0.717, 1.165) is 11.1 Å². The van der Waals surface area contributed by atoms with Gasteiger partial charge in [0.05, 0.1) is 5.41 Å². The summed E-state index contributed by atoms with van der Waals surface area (Å²) in [7, 11) is 0. The minimum Gasteiger partial charge on any atom is -0.299 e. The lowest BCUT2D eigenvalue weighted by molar-refractivity contribution is -0.120. The molecule has 1 nitrogen and oxygen atoms in total. The molecule has 0 bridgehead atoms. The maximum Gasteiger partial charge on any atom is 0.144 e. The molecule has 0 unspecified atom stereocenters. The van der Waals surface area contributed by atoms with Crippen molar-refractivity contribution in [2.45, 2.75) is 19.3 Å². The number of benzene rings is 2. The van der Waals surface area contributed by atoms with Gasteiger partial charge in [-0.25, -0.2) is 0 Å². The summed E-state index contributed by atoms with van der Waals surface area (Å²) >= 11 is 0. The van der Waals surface area contributed by atoms with Crippen molar-refractivity contribution in [2.75, 3.05) is 0 Å². The molecule has 0 spiro atoms. The summed E-state index contributed by atoms with van der Waals surface area (Å²) in [6.45, 7) is 3.64. The van der Waals surface area contributed by atoms with Gasteiger partial charge in [0.25, 0.3) is 0 Å². The Kier molecular flexibility index (Phi) is 4.69. The van der Waals surface area contributed by atoms with Crippen molar-refractivity contribution in [1.82, 2.24) is 0 Å². The minimum atomic E-state index is -0.553. The Labute approximate surface area is 114 Å². The van der Waals surface area contributed by atoms with E-state index in [9.17, 15) is 4.79 Å². The van der Waals surface area contributed by atoms with E-state index in [1.165, 1.54) is 0 Å². The van der Waals surface area contributed by atoms with Gasteiger partial charge in [-0.2, -0.15) is 0 Å². The molecule has 2 rings (SSSR count). The van der Waals surface area contributed by atoms with Gasteiger partial charge in [-0.3, -0.25) is 4.79 Å². The van der Waals surface area contributed by atoms with Crippen LogP contribution in [-0.2, 0) is 10.2 Å². The molecule has 0 radical (unpaired) electrons. The molecule has 2 aromatic carbocycles. The molecule has 0 fully saturated rings. The molecule has 0 saturated carbocycles. The molecule has 18 heavy (non-hydrogen) atoms. The maximum absolute atomic E-state index is 12.1. The molecule has 0 amide bonds. The van der Waals surface area contributed by atoms with Gasteiger partial charge >= 0.3 is 0 Å². The van der Waals surface area contributed by atoms with Crippen molar-refractivity contribution >= 4 is 18.2 Å². The molecule has 0 aromatic heterocycles. The molecule has 94 valence electrons. The zero-order valence-electron chi connectivity index (χ0n) is 10.6. The standard InChI is InChI=1S/C16H16O.ClH/c1-13(17)16(2,14-9-5-3-6-10-14)15-11-7-4-8-12-15;/h3-12H,1-2H3;1H. The zero-order valence-corrected chi connectivity index (χ0v) is 11.4. The number of halogens is 1. The number of carbonyl (C=O) groups is 1. The molecule has 0 aliphatic heterocycles. The summed E-state index contributed by atoms with van der Waals surface area (Å²) in [6.07, 6.45) is 0. The lowest BCUT2D eigenvalue weighted by atomic mass is 9.73. The highest BCUT2D eigenvalue weighted by molar-refractivity contribution is 5.91. The van der Waals surface area contributed by atoms with Crippen molar-refractivity contribution < 1.29 is 4.79 Å². The van der Waals surface area contributed by atoms with E-state index in [1.807, 2.05) is 67.6 Å².